The molecule has 0 aromatic carbocycles. The van der Waals surface area contributed by atoms with Crippen molar-refractivity contribution in [2.45, 2.75) is 19.3 Å². The Kier molecular flexibility index (Phi) is 4.90. The Labute approximate surface area is 85.4 Å². The van der Waals surface area contributed by atoms with Gasteiger partial charge in [0, 0.05) is 20.2 Å². The maximum atomic E-state index is 11.4. The van der Waals surface area contributed by atoms with Gasteiger partial charge in [0.05, 0.1) is 0 Å². The van der Waals surface area contributed by atoms with Crippen LogP contribution in [0.15, 0.2) is 0 Å². The summed E-state index contributed by atoms with van der Waals surface area (Å²) in [6, 6.07) is 0. The van der Waals surface area contributed by atoms with Gasteiger partial charge in [0.15, 0.2) is 0 Å². The van der Waals surface area contributed by atoms with Crippen molar-refractivity contribution in [1.29, 1.82) is 0 Å². The number of likely N-dealkylation sites (tertiary alicyclic amines) is 1. The second kappa shape index (κ2) is 5.98. The second-order valence-electron chi connectivity index (χ2n) is 3.83. The summed E-state index contributed by atoms with van der Waals surface area (Å²) in [5, 5.41) is 0. The molecule has 0 unspecified atom stereocenters. The number of methoxy groups -OCH3 is 1. The molecular weight excluding hydrogens is 180 g/mol. The summed E-state index contributed by atoms with van der Waals surface area (Å²) < 4.78 is 4.82. The first kappa shape index (κ1) is 11.5. The molecule has 0 bridgehead atoms. The fraction of sp³-hybridized carbons (Fsp3) is 0.900. The van der Waals surface area contributed by atoms with Gasteiger partial charge in [-0.05, 0) is 31.7 Å². The third-order valence-corrected chi connectivity index (χ3v) is 2.81. The van der Waals surface area contributed by atoms with Crippen molar-refractivity contribution in [2.24, 2.45) is 11.7 Å². The predicted octanol–water partition coefficient (Wildman–Crippen LogP) is 0.220. The van der Waals surface area contributed by atoms with Crippen LogP contribution in [-0.2, 0) is 9.53 Å². The number of hydrogen-bond donors (Lipinski definition) is 1. The van der Waals surface area contributed by atoms with E-state index in [0.717, 1.165) is 38.9 Å². The molecule has 1 heterocycles. The monoisotopic (exact) mass is 200 g/mol. The Morgan fingerprint density at radius 2 is 2.14 bits per heavy atom. The van der Waals surface area contributed by atoms with Crippen molar-refractivity contribution >= 4 is 5.91 Å². The molecule has 0 aromatic heterocycles. The van der Waals surface area contributed by atoms with Gasteiger partial charge in [-0.25, -0.2) is 0 Å². The van der Waals surface area contributed by atoms with Gasteiger partial charge in [0.1, 0.15) is 6.61 Å². The van der Waals surface area contributed by atoms with Crippen LogP contribution in [0.3, 0.4) is 0 Å². The summed E-state index contributed by atoms with van der Waals surface area (Å²) in [5.74, 6) is 0.824. The van der Waals surface area contributed by atoms with Crippen LogP contribution in [0.4, 0.5) is 0 Å². The molecule has 0 aromatic rings. The van der Waals surface area contributed by atoms with Crippen LogP contribution in [-0.4, -0.2) is 44.2 Å². The Morgan fingerprint density at radius 3 is 2.64 bits per heavy atom. The quantitative estimate of drug-likeness (QED) is 0.706. The SMILES string of the molecule is COCC(=O)N1CCC(CCN)CC1. The van der Waals surface area contributed by atoms with Crippen molar-refractivity contribution in [3.05, 3.63) is 0 Å². The van der Waals surface area contributed by atoms with Crippen LogP contribution in [0, 0.1) is 5.92 Å². The van der Waals surface area contributed by atoms with E-state index < -0.39 is 0 Å². The van der Waals surface area contributed by atoms with Crippen molar-refractivity contribution in [3.8, 4) is 0 Å². The first-order valence-corrected chi connectivity index (χ1v) is 5.24. The number of hydrogen-bond acceptors (Lipinski definition) is 3. The number of ether oxygens (including phenoxy) is 1. The molecule has 4 nitrogen and oxygen atoms in total. The molecule has 1 aliphatic rings. The summed E-state index contributed by atoms with van der Waals surface area (Å²) in [5.41, 5.74) is 5.50. The molecule has 1 saturated heterocycles. The smallest absolute Gasteiger partial charge is 0.248 e. The van der Waals surface area contributed by atoms with Crippen LogP contribution in [0.25, 0.3) is 0 Å². The van der Waals surface area contributed by atoms with E-state index in [4.69, 9.17) is 10.5 Å². The molecule has 14 heavy (non-hydrogen) atoms. The molecule has 2 N–H and O–H groups in total. The molecule has 0 spiro atoms. The average Bonchev–Trinajstić information content (AvgIpc) is 2.20. The van der Waals surface area contributed by atoms with Gasteiger partial charge in [-0.2, -0.15) is 0 Å². The number of nitrogens with two attached hydrogens (primary N) is 1. The van der Waals surface area contributed by atoms with E-state index in [1.165, 1.54) is 0 Å². The van der Waals surface area contributed by atoms with Crippen LogP contribution in [0.2, 0.25) is 0 Å². The molecule has 4 heteroatoms. The number of carbonyl (C=O) groups is 1. The summed E-state index contributed by atoms with van der Waals surface area (Å²) in [6.45, 7) is 2.71. The fourth-order valence-corrected chi connectivity index (χ4v) is 1.92. The van der Waals surface area contributed by atoms with Crippen LogP contribution in [0.1, 0.15) is 19.3 Å². The molecular formula is C10H20N2O2. The number of rotatable bonds is 4. The molecule has 0 saturated carbocycles. The lowest BCUT2D eigenvalue weighted by Gasteiger charge is -2.31. The highest BCUT2D eigenvalue weighted by Crippen LogP contribution is 2.19. The summed E-state index contributed by atoms with van der Waals surface area (Å²) in [7, 11) is 1.55. The van der Waals surface area contributed by atoms with E-state index in [-0.39, 0.29) is 12.5 Å². The molecule has 1 rings (SSSR count). The molecule has 1 fully saturated rings. The summed E-state index contributed by atoms with van der Waals surface area (Å²) in [4.78, 5) is 13.3. The average molecular weight is 200 g/mol. The molecule has 0 aliphatic carbocycles. The van der Waals surface area contributed by atoms with E-state index in [1.54, 1.807) is 7.11 Å². The lowest BCUT2D eigenvalue weighted by atomic mass is 9.94. The van der Waals surface area contributed by atoms with Crippen LogP contribution in [0.5, 0.6) is 0 Å². The van der Waals surface area contributed by atoms with Crippen molar-refractivity contribution in [2.75, 3.05) is 33.4 Å². The molecule has 0 radical (unpaired) electrons. The van der Waals surface area contributed by atoms with Gasteiger partial charge in [-0.1, -0.05) is 0 Å². The highest BCUT2D eigenvalue weighted by molar-refractivity contribution is 5.77. The highest BCUT2D eigenvalue weighted by Gasteiger charge is 2.21. The molecule has 0 atom stereocenters. The minimum atomic E-state index is 0.110. The first-order chi connectivity index (χ1) is 6.77. The van der Waals surface area contributed by atoms with Gasteiger partial charge in [0.25, 0.3) is 0 Å². The zero-order chi connectivity index (χ0) is 10.4. The fourth-order valence-electron chi connectivity index (χ4n) is 1.92. The molecule has 82 valence electrons. The number of piperidine rings is 1. The van der Waals surface area contributed by atoms with Crippen LogP contribution < -0.4 is 5.73 Å². The van der Waals surface area contributed by atoms with Gasteiger partial charge in [0.2, 0.25) is 5.91 Å². The highest BCUT2D eigenvalue weighted by atomic mass is 16.5. The third kappa shape index (κ3) is 3.27. The van der Waals surface area contributed by atoms with Crippen molar-refractivity contribution in [3.63, 3.8) is 0 Å². The Balaban J connectivity index is 2.24. The van der Waals surface area contributed by atoms with Gasteiger partial charge in [-0.3, -0.25) is 4.79 Å². The Morgan fingerprint density at radius 1 is 1.50 bits per heavy atom. The van der Waals surface area contributed by atoms with E-state index in [2.05, 4.69) is 0 Å². The number of nitrogens with zero attached hydrogens (tertiary/aromatic N) is 1. The Bertz CT molecular complexity index is 177. The van der Waals surface area contributed by atoms with Crippen LogP contribution >= 0.6 is 0 Å². The minimum absolute atomic E-state index is 0.110. The predicted molar refractivity (Wildman–Crippen MR) is 54.9 cm³/mol. The largest absolute Gasteiger partial charge is 0.375 e. The van der Waals surface area contributed by atoms with Gasteiger partial charge < -0.3 is 15.4 Å². The van der Waals surface area contributed by atoms with Crippen molar-refractivity contribution < 1.29 is 9.53 Å². The minimum Gasteiger partial charge on any atom is -0.375 e. The summed E-state index contributed by atoms with van der Waals surface area (Å²) >= 11 is 0. The van der Waals surface area contributed by atoms with E-state index in [0.29, 0.717) is 5.92 Å². The zero-order valence-electron chi connectivity index (χ0n) is 8.87. The zero-order valence-corrected chi connectivity index (χ0v) is 8.87. The second-order valence-corrected chi connectivity index (χ2v) is 3.83. The third-order valence-electron chi connectivity index (χ3n) is 2.81. The normalized spacial score (nSPS) is 18.6. The van der Waals surface area contributed by atoms with Gasteiger partial charge in [-0.15, -0.1) is 0 Å². The molecule has 1 amide bonds. The molecule has 1 aliphatic heterocycles. The van der Waals surface area contributed by atoms with E-state index >= 15 is 0 Å². The van der Waals surface area contributed by atoms with Gasteiger partial charge >= 0.3 is 0 Å². The van der Waals surface area contributed by atoms with Crippen molar-refractivity contribution in [1.82, 2.24) is 4.90 Å². The lowest BCUT2D eigenvalue weighted by Crippen LogP contribution is -2.40. The topological polar surface area (TPSA) is 55.6 Å². The van der Waals surface area contributed by atoms with E-state index in [9.17, 15) is 4.79 Å². The maximum Gasteiger partial charge on any atom is 0.248 e. The number of carbonyl (C=O) groups excluding carboxylic acids is 1. The Hall–Kier alpha value is -0.610. The first-order valence-electron chi connectivity index (χ1n) is 5.24. The lowest BCUT2D eigenvalue weighted by molar-refractivity contribution is -0.136. The maximum absolute atomic E-state index is 11.4. The van der Waals surface area contributed by atoms with E-state index in [1.807, 2.05) is 4.90 Å². The standard InChI is InChI=1S/C10H20N2O2/c1-14-8-10(13)12-6-3-9(2-5-11)4-7-12/h9H,2-8,11H2,1H3. The summed E-state index contributed by atoms with van der Waals surface area (Å²) in [6.07, 6.45) is 3.27. The number of amides is 1.